The van der Waals surface area contributed by atoms with E-state index < -0.39 is 48.2 Å². The number of nitrogens with one attached hydrogen (secondary N) is 1. The van der Waals surface area contributed by atoms with E-state index in [0.717, 1.165) is 0 Å². The Morgan fingerprint density at radius 2 is 1.55 bits per heavy atom. The summed E-state index contributed by atoms with van der Waals surface area (Å²) in [5.41, 5.74) is -3.26. The summed E-state index contributed by atoms with van der Waals surface area (Å²) in [7, 11) is 2.70. The van der Waals surface area contributed by atoms with Crippen LogP contribution in [0.25, 0.3) is 0 Å². The molecule has 2 rings (SSSR count). The van der Waals surface area contributed by atoms with Crippen LogP contribution in [0.3, 0.4) is 0 Å². The number of anilines is 1. The van der Waals surface area contributed by atoms with Crippen molar-refractivity contribution >= 4 is 11.6 Å². The summed E-state index contributed by atoms with van der Waals surface area (Å²) in [5, 5.41) is 2.03. The molecule has 13 heteroatoms. The van der Waals surface area contributed by atoms with E-state index in [9.17, 15) is 39.9 Å². The van der Waals surface area contributed by atoms with E-state index in [1.807, 2.05) is 5.32 Å². The summed E-state index contributed by atoms with van der Waals surface area (Å²) in [6, 6.07) is 4.80. The number of carbonyl (C=O) groups is 1. The largest absolute Gasteiger partial charge is 0.493 e. The Labute approximate surface area is 182 Å². The molecule has 1 amide bonds. The number of carbonyl (C=O) groups excluding carboxylic acids is 1. The average Bonchev–Trinajstić information content (AvgIpc) is 2.66. The van der Waals surface area contributed by atoms with E-state index in [0.29, 0.717) is 17.7 Å². The fourth-order valence-electron chi connectivity index (χ4n) is 2.84. The van der Waals surface area contributed by atoms with Gasteiger partial charge in [0.15, 0.2) is 11.5 Å². The van der Waals surface area contributed by atoms with Crippen molar-refractivity contribution in [2.45, 2.75) is 25.5 Å². The van der Waals surface area contributed by atoms with Gasteiger partial charge in [-0.2, -0.15) is 35.1 Å². The molecule has 5 nitrogen and oxygen atoms in total. The van der Waals surface area contributed by atoms with Crippen molar-refractivity contribution in [3.8, 4) is 11.5 Å². The second kappa shape index (κ2) is 10.2. The predicted molar refractivity (Wildman–Crippen MR) is 101 cm³/mol. The maximum absolute atomic E-state index is 12.9. The minimum Gasteiger partial charge on any atom is -0.493 e. The van der Waals surface area contributed by atoms with Crippen LogP contribution in [0.2, 0.25) is 0 Å². The average molecular weight is 486 g/mol. The van der Waals surface area contributed by atoms with Gasteiger partial charge in [0.25, 0.3) is 0 Å². The molecule has 0 saturated carbocycles. The van der Waals surface area contributed by atoms with Crippen molar-refractivity contribution in [1.29, 1.82) is 0 Å². The van der Waals surface area contributed by atoms with Crippen molar-refractivity contribution in [3.05, 3.63) is 53.1 Å². The van der Waals surface area contributed by atoms with Crippen molar-refractivity contribution < 1.29 is 49.4 Å². The Morgan fingerprint density at radius 3 is 2.03 bits per heavy atom. The zero-order valence-electron chi connectivity index (χ0n) is 17.2. The first-order valence-corrected chi connectivity index (χ1v) is 9.08. The molecule has 0 saturated heterocycles. The highest BCUT2D eigenvalue weighted by atomic mass is 19.4. The highest BCUT2D eigenvalue weighted by Crippen LogP contribution is 2.37. The second-order valence-corrected chi connectivity index (χ2v) is 6.88. The molecule has 0 aromatic heterocycles. The molecule has 0 radical (unpaired) electrons. The minimum absolute atomic E-state index is 0.00861. The lowest BCUT2D eigenvalue weighted by Crippen LogP contribution is -2.30. The van der Waals surface area contributed by atoms with Gasteiger partial charge in [-0.05, 0) is 42.9 Å². The molecule has 0 aliphatic carbocycles. The predicted octanol–water partition coefficient (Wildman–Crippen LogP) is 5.40. The van der Waals surface area contributed by atoms with Crippen molar-refractivity contribution in [3.63, 3.8) is 0 Å². The van der Waals surface area contributed by atoms with E-state index in [1.165, 1.54) is 37.3 Å². The SMILES string of the molecule is COc1cc(CN(C)CC(=O)Nc2cc(C(F)(F)F)cc(C(F)(F)F)c2)ccc1OC(F)F. The lowest BCUT2D eigenvalue weighted by Gasteiger charge is -2.19. The van der Waals surface area contributed by atoms with Crippen molar-refractivity contribution in [2.75, 3.05) is 26.0 Å². The van der Waals surface area contributed by atoms with Crippen LogP contribution < -0.4 is 14.8 Å². The smallest absolute Gasteiger partial charge is 0.416 e. The number of alkyl halides is 8. The van der Waals surface area contributed by atoms with Crippen molar-refractivity contribution in [1.82, 2.24) is 4.90 Å². The van der Waals surface area contributed by atoms with Crippen LogP contribution >= 0.6 is 0 Å². The number of hydrogen-bond donors (Lipinski definition) is 1. The van der Waals surface area contributed by atoms with Gasteiger partial charge in [0, 0.05) is 12.2 Å². The van der Waals surface area contributed by atoms with Crippen molar-refractivity contribution in [2.24, 2.45) is 0 Å². The third-order valence-electron chi connectivity index (χ3n) is 4.18. The Hall–Kier alpha value is -3.09. The Kier molecular flexibility index (Phi) is 8.11. The molecule has 0 fully saturated rings. The van der Waals surface area contributed by atoms with E-state index in [4.69, 9.17) is 4.74 Å². The van der Waals surface area contributed by atoms with Crippen LogP contribution in [0.4, 0.5) is 40.8 Å². The molecule has 2 aromatic rings. The number of rotatable bonds is 8. The summed E-state index contributed by atoms with van der Waals surface area (Å²) in [6.45, 7) is -3.38. The number of ether oxygens (including phenoxy) is 2. The Morgan fingerprint density at radius 1 is 0.970 bits per heavy atom. The van der Waals surface area contributed by atoms with Crippen LogP contribution in [0, 0.1) is 0 Å². The number of benzene rings is 2. The molecular weight excluding hydrogens is 468 g/mol. The number of likely N-dealkylation sites (N-methyl/N-ethyl adjacent to an activating group) is 1. The number of nitrogens with zero attached hydrogens (tertiary/aromatic N) is 1. The molecule has 182 valence electrons. The Balaban J connectivity index is 2.10. The first-order valence-electron chi connectivity index (χ1n) is 9.08. The monoisotopic (exact) mass is 486 g/mol. The molecule has 33 heavy (non-hydrogen) atoms. The van der Waals surface area contributed by atoms with Gasteiger partial charge < -0.3 is 14.8 Å². The zero-order chi connectivity index (χ0) is 25.0. The lowest BCUT2D eigenvalue weighted by molar-refractivity contribution is -0.143. The first-order chi connectivity index (χ1) is 15.2. The number of amides is 1. The summed E-state index contributed by atoms with van der Waals surface area (Å²) >= 11 is 0. The number of halogens is 8. The molecule has 0 spiro atoms. The molecule has 0 aliphatic rings. The number of hydrogen-bond acceptors (Lipinski definition) is 4. The molecule has 0 bridgehead atoms. The van der Waals surface area contributed by atoms with Gasteiger partial charge in [0.05, 0.1) is 24.8 Å². The van der Waals surface area contributed by atoms with E-state index in [1.54, 1.807) is 0 Å². The van der Waals surface area contributed by atoms with Crippen LogP contribution in [-0.2, 0) is 23.7 Å². The zero-order valence-corrected chi connectivity index (χ0v) is 17.2. The van der Waals surface area contributed by atoms with Crippen LogP contribution in [0.5, 0.6) is 11.5 Å². The fourth-order valence-corrected chi connectivity index (χ4v) is 2.84. The quantitative estimate of drug-likeness (QED) is 0.508. The fraction of sp³-hybridized carbons (Fsp3) is 0.350. The minimum atomic E-state index is -5.04. The van der Waals surface area contributed by atoms with Crippen LogP contribution in [0.15, 0.2) is 36.4 Å². The molecule has 0 heterocycles. The highest BCUT2D eigenvalue weighted by molar-refractivity contribution is 5.92. The van der Waals surface area contributed by atoms with Gasteiger partial charge >= 0.3 is 19.0 Å². The van der Waals surface area contributed by atoms with E-state index >= 15 is 0 Å². The van der Waals surface area contributed by atoms with E-state index in [-0.39, 0.29) is 24.1 Å². The molecule has 0 atom stereocenters. The standard InChI is InChI=1S/C20H18F8N2O3/c1-30(9-11-3-4-15(33-18(21)22)16(5-11)32-2)10-17(31)29-14-7-12(19(23,24)25)6-13(8-14)20(26,27)28/h3-8,18H,9-10H2,1-2H3,(H,29,31). The molecule has 0 aliphatic heterocycles. The van der Waals surface area contributed by atoms with Gasteiger partial charge in [-0.1, -0.05) is 6.07 Å². The first kappa shape index (κ1) is 26.2. The van der Waals surface area contributed by atoms with Gasteiger partial charge in [-0.25, -0.2) is 0 Å². The second-order valence-electron chi connectivity index (χ2n) is 6.88. The number of methoxy groups -OCH3 is 1. The third kappa shape index (κ3) is 7.77. The summed E-state index contributed by atoms with van der Waals surface area (Å²) in [5.74, 6) is -1.06. The lowest BCUT2D eigenvalue weighted by atomic mass is 10.1. The highest BCUT2D eigenvalue weighted by Gasteiger charge is 2.37. The van der Waals surface area contributed by atoms with Gasteiger partial charge in [-0.3, -0.25) is 9.69 Å². The maximum atomic E-state index is 12.9. The summed E-state index contributed by atoms with van der Waals surface area (Å²) in [6.07, 6.45) is -10.1. The van der Waals surface area contributed by atoms with Crippen LogP contribution in [-0.4, -0.2) is 38.1 Å². The van der Waals surface area contributed by atoms with Gasteiger partial charge in [-0.15, -0.1) is 0 Å². The van der Waals surface area contributed by atoms with Crippen LogP contribution in [0.1, 0.15) is 16.7 Å². The van der Waals surface area contributed by atoms with E-state index in [2.05, 4.69) is 4.74 Å². The maximum Gasteiger partial charge on any atom is 0.416 e. The van der Waals surface area contributed by atoms with Gasteiger partial charge in [0.2, 0.25) is 5.91 Å². The molecule has 0 unspecified atom stereocenters. The topological polar surface area (TPSA) is 50.8 Å². The molecule has 1 N–H and O–H groups in total. The molecular formula is C20H18F8N2O3. The normalized spacial score (nSPS) is 12.2. The molecule has 2 aromatic carbocycles. The summed E-state index contributed by atoms with van der Waals surface area (Å²) < 4.78 is 112. The Bertz CT molecular complexity index is 945. The summed E-state index contributed by atoms with van der Waals surface area (Å²) in [4.78, 5) is 13.6. The third-order valence-corrected chi connectivity index (χ3v) is 4.18. The van der Waals surface area contributed by atoms with Gasteiger partial charge in [0.1, 0.15) is 0 Å².